The van der Waals surface area contributed by atoms with Crippen molar-refractivity contribution in [2.24, 2.45) is 13.0 Å². The number of ether oxygens (including phenoxy) is 1. The van der Waals surface area contributed by atoms with Crippen LogP contribution in [-0.4, -0.2) is 29.0 Å². The molecule has 1 heterocycles. The van der Waals surface area contributed by atoms with Crippen molar-refractivity contribution in [3.8, 4) is 11.5 Å². The summed E-state index contributed by atoms with van der Waals surface area (Å²) < 4.78 is 8.24. The summed E-state index contributed by atoms with van der Waals surface area (Å²) in [7, 11) is 4.12. The molecule has 250 valence electrons. The van der Waals surface area contributed by atoms with Crippen LogP contribution < -0.4 is 4.74 Å². The molecule has 47 heavy (non-hydrogen) atoms. The molecule has 0 spiro atoms. The lowest BCUT2D eigenvalue weighted by Gasteiger charge is -2.08. The second-order valence-electron chi connectivity index (χ2n) is 10.4. The van der Waals surface area contributed by atoms with Gasteiger partial charge in [-0.1, -0.05) is 146 Å². The van der Waals surface area contributed by atoms with Crippen LogP contribution in [0.4, 0.5) is 0 Å². The van der Waals surface area contributed by atoms with Gasteiger partial charge in [0.15, 0.2) is 0 Å². The fourth-order valence-corrected chi connectivity index (χ4v) is 4.72. The predicted molar refractivity (Wildman–Crippen MR) is 208 cm³/mol. The molecule has 0 unspecified atom stereocenters. The van der Waals surface area contributed by atoms with Crippen LogP contribution in [0.15, 0.2) is 133 Å². The molecule has 7 rings (SSSR count). The van der Waals surface area contributed by atoms with Crippen molar-refractivity contribution in [2.75, 3.05) is 14.2 Å². The third kappa shape index (κ3) is 11.9. The highest BCUT2D eigenvalue weighted by molar-refractivity contribution is 6.07. The minimum absolute atomic E-state index is 0.833. The van der Waals surface area contributed by atoms with E-state index in [0.717, 1.165) is 31.6 Å². The molecule has 4 heteroatoms. The van der Waals surface area contributed by atoms with Crippen LogP contribution >= 0.6 is 0 Å². The van der Waals surface area contributed by atoms with Gasteiger partial charge in [0.05, 0.1) is 0 Å². The maximum Gasteiger partial charge on any atom is 0.128 e. The van der Waals surface area contributed by atoms with Crippen molar-refractivity contribution in [1.29, 1.82) is 0 Å². The van der Waals surface area contributed by atoms with Gasteiger partial charge in [-0.15, -0.1) is 0 Å². The van der Waals surface area contributed by atoms with E-state index in [9.17, 15) is 0 Å². The average molecular weight is 634 g/mol. The zero-order valence-corrected chi connectivity index (χ0v) is 30.0. The number of aryl methyl sites for hydroxylation is 1. The molecule has 0 bridgehead atoms. The van der Waals surface area contributed by atoms with E-state index in [-0.39, 0.29) is 0 Å². The molecule has 2 N–H and O–H groups in total. The van der Waals surface area contributed by atoms with E-state index in [1.165, 1.54) is 43.4 Å². The van der Waals surface area contributed by atoms with E-state index in [1.807, 2.05) is 64.1 Å². The normalized spacial score (nSPS) is 9.47. The van der Waals surface area contributed by atoms with Gasteiger partial charge in [0.2, 0.25) is 0 Å². The maximum atomic E-state index is 7.00. The third-order valence-corrected chi connectivity index (χ3v) is 6.50. The molecule has 0 radical (unpaired) electrons. The van der Waals surface area contributed by atoms with Gasteiger partial charge < -0.3 is 19.5 Å². The molecular weight excluding hydrogens is 578 g/mol. The van der Waals surface area contributed by atoms with Crippen molar-refractivity contribution in [3.63, 3.8) is 0 Å². The number of benzene rings is 6. The Kier molecular flexibility index (Phi) is 19.6. The van der Waals surface area contributed by atoms with Crippen molar-refractivity contribution < 1.29 is 14.9 Å². The lowest BCUT2D eigenvalue weighted by atomic mass is 10.1. The number of aliphatic hydroxyl groups is 2. The molecule has 7 aromatic rings. The first-order chi connectivity index (χ1) is 23.0. The summed E-state index contributed by atoms with van der Waals surface area (Å²) in [4.78, 5) is 0. The second kappa shape index (κ2) is 22.8. The summed E-state index contributed by atoms with van der Waals surface area (Å²) in [5.74, 6) is 2.56. The molecule has 0 saturated heterocycles. The van der Waals surface area contributed by atoms with Crippen molar-refractivity contribution in [3.05, 3.63) is 133 Å². The van der Waals surface area contributed by atoms with E-state index < -0.39 is 0 Å². The lowest BCUT2D eigenvalue weighted by molar-refractivity contribution is 0.399. The topological polar surface area (TPSA) is 54.6 Å². The molecule has 4 nitrogen and oxygen atoms in total. The number of aromatic nitrogens is 1. The Morgan fingerprint density at radius 2 is 0.745 bits per heavy atom. The number of hydrogen-bond acceptors (Lipinski definition) is 3. The molecule has 0 saturated carbocycles. The van der Waals surface area contributed by atoms with Crippen molar-refractivity contribution in [1.82, 2.24) is 4.57 Å². The van der Waals surface area contributed by atoms with Crippen LogP contribution in [0.25, 0.3) is 43.4 Å². The van der Waals surface area contributed by atoms with Crippen LogP contribution in [-0.2, 0) is 7.05 Å². The first-order valence-corrected chi connectivity index (χ1v) is 16.5. The smallest absolute Gasteiger partial charge is 0.128 e. The largest absolute Gasteiger partial charge is 0.457 e. The Bertz CT molecular complexity index is 1720. The molecule has 0 amide bonds. The van der Waals surface area contributed by atoms with Gasteiger partial charge in [-0.2, -0.15) is 0 Å². The zero-order chi connectivity index (χ0) is 35.2. The molecule has 0 fully saturated rings. The Morgan fingerprint density at radius 3 is 1.11 bits per heavy atom. The minimum Gasteiger partial charge on any atom is -0.457 e. The first-order valence-electron chi connectivity index (χ1n) is 16.5. The number of hydrogen-bond donors (Lipinski definition) is 2. The van der Waals surface area contributed by atoms with Gasteiger partial charge in [0.1, 0.15) is 11.5 Å². The molecule has 0 aliphatic heterocycles. The summed E-state index contributed by atoms with van der Waals surface area (Å²) in [5, 5.41) is 21.5. The van der Waals surface area contributed by atoms with Gasteiger partial charge in [0, 0.05) is 43.1 Å². The van der Waals surface area contributed by atoms with E-state index in [2.05, 4.69) is 129 Å². The molecule has 1 aromatic heterocycles. The molecule has 0 atom stereocenters. The Morgan fingerprint density at radius 1 is 0.447 bits per heavy atom. The van der Waals surface area contributed by atoms with E-state index in [0.29, 0.717) is 0 Å². The van der Waals surface area contributed by atoms with E-state index in [4.69, 9.17) is 14.9 Å². The highest BCUT2D eigenvalue weighted by atomic mass is 16.5. The Balaban J connectivity index is 0.000000368. The quantitative estimate of drug-likeness (QED) is 0.199. The summed E-state index contributed by atoms with van der Waals surface area (Å²) in [5.41, 5.74) is 2.60. The molecule has 6 aromatic carbocycles. The number of para-hydroxylation sites is 2. The molecule has 0 aliphatic rings. The van der Waals surface area contributed by atoms with Crippen molar-refractivity contribution >= 4 is 43.4 Å². The maximum absolute atomic E-state index is 7.00. The summed E-state index contributed by atoms with van der Waals surface area (Å²) in [6.07, 6.45) is 0. The fourth-order valence-electron chi connectivity index (χ4n) is 4.72. The van der Waals surface area contributed by atoms with Gasteiger partial charge in [0.25, 0.3) is 0 Å². The van der Waals surface area contributed by atoms with Gasteiger partial charge >= 0.3 is 0 Å². The van der Waals surface area contributed by atoms with Gasteiger partial charge in [-0.05, 0) is 63.9 Å². The number of aliphatic hydroxyl groups excluding tert-OH is 2. The Hall–Kier alpha value is -4.64. The summed E-state index contributed by atoms with van der Waals surface area (Å²) in [6.45, 7) is 14.5. The summed E-state index contributed by atoms with van der Waals surface area (Å²) >= 11 is 0. The SMILES string of the molecule is CC.CC.CC(C)C.CO.CO.Cn1c2ccccc2c2ccccc21.c1ccc2cc(Oc3ccc4ccccc4c3)ccc2c1. The minimum atomic E-state index is 0.833. The Labute approximate surface area is 282 Å². The third-order valence-electron chi connectivity index (χ3n) is 6.50. The van der Waals surface area contributed by atoms with E-state index >= 15 is 0 Å². The van der Waals surface area contributed by atoms with Crippen LogP contribution in [0, 0.1) is 5.92 Å². The van der Waals surface area contributed by atoms with Crippen molar-refractivity contribution in [2.45, 2.75) is 48.5 Å². The van der Waals surface area contributed by atoms with Crippen LogP contribution in [0.2, 0.25) is 0 Å². The molecule has 0 aliphatic carbocycles. The monoisotopic (exact) mass is 633 g/mol. The number of rotatable bonds is 2. The second-order valence-corrected chi connectivity index (χ2v) is 10.4. The molecular formula is C43H55NO3. The summed E-state index contributed by atoms with van der Waals surface area (Å²) in [6, 6.07) is 46.0. The standard InChI is InChI=1S/C20H14O.C13H11N.C4H10.2C2H6.2CH4O/c1-3-7-17-13-19(11-9-15(17)5-1)21-20-12-10-16-6-2-4-8-18(16)14-20;1-14-12-8-4-2-6-10(12)11-7-3-5-9-13(11)14;1-4(2)3;4*1-2/h1-14H;2-9H,1H3;4H,1-3H3;2*1-2H3;2*2H,1H3. The highest BCUT2D eigenvalue weighted by Gasteiger charge is 2.05. The fraction of sp³-hybridized carbons (Fsp3) is 0.256. The van der Waals surface area contributed by atoms with E-state index in [1.54, 1.807) is 0 Å². The van der Waals surface area contributed by atoms with Gasteiger partial charge in [-0.3, -0.25) is 0 Å². The lowest BCUT2D eigenvalue weighted by Crippen LogP contribution is -1.84. The van der Waals surface area contributed by atoms with Gasteiger partial charge in [-0.25, -0.2) is 0 Å². The van der Waals surface area contributed by atoms with Crippen LogP contribution in [0.5, 0.6) is 11.5 Å². The zero-order valence-electron chi connectivity index (χ0n) is 30.0. The number of nitrogens with zero attached hydrogens (tertiary/aromatic N) is 1. The number of fused-ring (bicyclic) bond motifs is 5. The predicted octanol–water partition coefficient (Wildman–Crippen LogP) is 12.0. The van der Waals surface area contributed by atoms with Crippen LogP contribution in [0.1, 0.15) is 48.5 Å². The van der Waals surface area contributed by atoms with Crippen LogP contribution in [0.3, 0.4) is 0 Å². The highest BCUT2D eigenvalue weighted by Crippen LogP contribution is 2.29. The first kappa shape index (κ1) is 40.4. The average Bonchev–Trinajstić information content (AvgIpc) is 3.43.